The highest BCUT2D eigenvalue weighted by atomic mass is 79.9. The van der Waals surface area contributed by atoms with Crippen LogP contribution < -0.4 is 10.6 Å². The minimum atomic E-state index is -0.384. The van der Waals surface area contributed by atoms with Crippen molar-refractivity contribution in [3.8, 4) is 0 Å². The summed E-state index contributed by atoms with van der Waals surface area (Å²) in [6, 6.07) is 13.2. The zero-order chi connectivity index (χ0) is 16.9. The van der Waals surface area contributed by atoms with Gasteiger partial charge in [0, 0.05) is 23.4 Å². The molecule has 0 fully saturated rings. The maximum absolute atomic E-state index is 12.3. The van der Waals surface area contributed by atoms with Gasteiger partial charge >= 0.3 is 0 Å². The second kappa shape index (κ2) is 7.40. The van der Waals surface area contributed by atoms with Gasteiger partial charge in [0.1, 0.15) is 11.6 Å². The quantitative estimate of drug-likeness (QED) is 0.706. The van der Waals surface area contributed by atoms with E-state index in [0.717, 1.165) is 26.8 Å². The predicted octanol–water partition coefficient (Wildman–Crippen LogP) is 3.51. The highest BCUT2D eigenvalue weighted by Crippen LogP contribution is 2.22. The van der Waals surface area contributed by atoms with Crippen LogP contribution in [0.4, 0.5) is 5.69 Å². The molecular weight excluding hydrogens is 368 g/mol. The number of aromatic nitrogens is 2. The molecule has 5 nitrogen and oxygen atoms in total. The normalized spacial score (nSPS) is 11.9. The lowest BCUT2D eigenvalue weighted by atomic mass is 10.2. The molecule has 0 saturated heterocycles. The molecule has 1 aromatic carbocycles. The summed E-state index contributed by atoms with van der Waals surface area (Å²) in [5.74, 6) is -0.0686. The van der Waals surface area contributed by atoms with Crippen molar-refractivity contribution < 1.29 is 4.79 Å². The summed E-state index contributed by atoms with van der Waals surface area (Å²) < 4.78 is 0.869. The van der Waals surface area contributed by atoms with Crippen LogP contribution in [0.1, 0.15) is 12.5 Å². The van der Waals surface area contributed by atoms with Gasteiger partial charge in [0.15, 0.2) is 0 Å². The SMILES string of the molecule is CC(Nc1ccnc2cc(Br)cnc12)C(=O)NCc1ccccc1. The van der Waals surface area contributed by atoms with E-state index >= 15 is 0 Å². The van der Waals surface area contributed by atoms with E-state index < -0.39 is 0 Å². The summed E-state index contributed by atoms with van der Waals surface area (Å²) >= 11 is 3.39. The number of pyridine rings is 2. The molecule has 1 amide bonds. The van der Waals surface area contributed by atoms with Gasteiger partial charge in [-0.05, 0) is 40.5 Å². The fraction of sp³-hybridized carbons (Fsp3) is 0.167. The summed E-state index contributed by atoms with van der Waals surface area (Å²) in [6.07, 6.45) is 3.42. The molecule has 0 aliphatic heterocycles. The fourth-order valence-corrected chi connectivity index (χ4v) is 2.68. The first kappa shape index (κ1) is 16.4. The van der Waals surface area contributed by atoms with E-state index in [-0.39, 0.29) is 11.9 Å². The molecule has 1 atom stereocenters. The Bertz CT molecular complexity index is 854. The Morgan fingerprint density at radius 1 is 1.21 bits per heavy atom. The van der Waals surface area contributed by atoms with Crippen LogP contribution in [-0.4, -0.2) is 21.9 Å². The molecule has 0 bridgehead atoms. The topological polar surface area (TPSA) is 66.9 Å². The molecule has 2 heterocycles. The Balaban J connectivity index is 1.68. The van der Waals surface area contributed by atoms with E-state index in [1.54, 1.807) is 12.4 Å². The number of hydrogen-bond acceptors (Lipinski definition) is 4. The van der Waals surface area contributed by atoms with Gasteiger partial charge in [0.25, 0.3) is 0 Å². The monoisotopic (exact) mass is 384 g/mol. The number of fused-ring (bicyclic) bond motifs is 1. The Labute approximate surface area is 148 Å². The van der Waals surface area contributed by atoms with Crippen LogP contribution in [0.15, 0.2) is 59.3 Å². The number of halogens is 1. The molecule has 2 aromatic heterocycles. The number of carbonyl (C=O) groups excluding carboxylic acids is 1. The first-order chi connectivity index (χ1) is 11.6. The Hall–Kier alpha value is -2.47. The summed E-state index contributed by atoms with van der Waals surface area (Å²) in [5, 5.41) is 6.14. The average molecular weight is 385 g/mol. The molecule has 0 saturated carbocycles. The van der Waals surface area contributed by atoms with Crippen LogP contribution in [-0.2, 0) is 11.3 Å². The first-order valence-corrected chi connectivity index (χ1v) is 8.41. The smallest absolute Gasteiger partial charge is 0.242 e. The predicted molar refractivity (Wildman–Crippen MR) is 98.6 cm³/mol. The molecule has 24 heavy (non-hydrogen) atoms. The van der Waals surface area contributed by atoms with Crippen molar-refractivity contribution in [2.24, 2.45) is 0 Å². The van der Waals surface area contributed by atoms with Gasteiger partial charge in [-0.2, -0.15) is 0 Å². The minimum Gasteiger partial charge on any atom is -0.372 e. The first-order valence-electron chi connectivity index (χ1n) is 7.62. The lowest BCUT2D eigenvalue weighted by Gasteiger charge is -2.16. The standard InChI is InChI=1S/C18H17BrN4O/c1-12(18(24)22-10-13-5-3-2-4-6-13)23-15-7-8-20-16-9-14(19)11-21-17(15)16/h2-9,11-12H,10H2,1H3,(H,20,23)(H,22,24). The van der Waals surface area contributed by atoms with Gasteiger partial charge in [-0.15, -0.1) is 0 Å². The molecule has 3 rings (SSSR count). The van der Waals surface area contributed by atoms with Crippen molar-refractivity contribution in [2.45, 2.75) is 19.5 Å². The van der Waals surface area contributed by atoms with Crippen LogP contribution in [0.3, 0.4) is 0 Å². The second-order valence-electron chi connectivity index (χ2n) is 5.45. The summed E-state index contributed by atoms with van der Waals surface area (Å²) in [6.45, 7) is 2.33. The fourth-order valence-electron chi connectivity index (χ4n) is 2.36. The van der Waals surface area contributed by atoms with Crippen molar-refractivity contribution in [1.82, 2.24) is 15.3 Å². The number of carbonyl (C=O) groups is 1. The molecule has 3 aromatic rings. The lowest BCUT2D eigenvalue weighted by Crippen LogP contribution is -2.37. The third-order valence-electron chi connectivity index (χ3n) is 3.62. The third-order valence-corrected chi connectivity index (χ3v) is 4.05. The van der Waals surface area contributed by atoms with Crippen molar-refractivity contribution in [3.05, 3.63) is 64.9 Å². The molecule has 0 spiro atoms. The van der Waals surface area contributed by atoms with E-state index in [1.165, 1.54) is 0 Å². The highest BCUT2D eigenvalue weighted by molar-refractivity contribution is 9.10. The summed E-state index contributed by atoms with van der Waals surface area (Å²) in [5.41, 5.74) is 3.36. The van der Waals surface area contributed by atoms with E-state index in [4.69, 9.17) is 0 Å². The molecule has 0 aliphatic carbocycles. The molecular formula is C18H17BrN4O. The maximum atomic E-state index is 12.3. The number of nitrogens with zero attached hydrogens (tertiary/aromatic N) is 2. The molecule has 0 radical (unpaired) electrons. The maximum Gasteiger partial charge on any atom is 0.242 e. The number of anilines is 1. The van der Waals surface area contributed by atoms with E-state index in [9.17, 15) is 4.79 Å². The Morgan fingerprint density at radius 2 is 2.00 bits per heavy atom. The largest absolute Gasteiger partial charge is 0.372 e. The molecule has 6 heteroatoms. The number of nitrogens with one attached hydrogen (secondary N) is 2. The van der Waals surface area contributed by atoms with Crippen molar-refractivity contribution >= 4 is 38.6 Å². The van der Waals surface area contributed by atoms with Gasteiger partial charge in [0.05, 0.1) is 11.2 Å². The van der Waals surface area contributed by atoms with Crippen LogP contribution in [0, 0.1) is 0 Å². The van der Waals surface area contributed by atoms with Gasteiger partial charge in [-0.1, -0.05) is 30.3 Å². The van der Waals surface area contributed by atoms with Crippen molar-refractivity contribution in [1.29, 1.82) is 0 Å². The zero-order valence-corrected chi connectivity index (χ0v) is 14.7. The third kappa shape index (κ3) is 3.89. The molecule has 0 aliphatic rings. The number of rotatable bonds is 5. The van der Waals surface area contributed by atoms with Crippen LogP contribution in [0.25, 0.3) is 11.0 Å². The lowest BCUT2D eigenvalue weighted by molar-refractivity contribution is -0.121. The van der Waals surface area contributed by atoms with Crippen molar-refractivity contribution in [3.63, 3.8) is 0 Å². The van der Waals surface area contributed by atoms with Gasteiger partial charge < -0.3 is 10.6 Å². The summed E-state index contributed by atoms with van der Waals surface area (Å²) in [4.78, 5) is 21.0. The van der Waals surface area contributed by atoms with Crippen LogP contribution in [0.2, 0.25) is 0 Å². The number of hydrogen-bond donors (Lipinski definition) is 2. The van der Waals surface area contributed by atoms with Gasteiger partial charge in [0.2, 0.25) is 5.91 Å². The minimum absolute atomic E-state index is 0.0686. The molecule has 1 unspecified atom stereocenters. The highest BCUT2D eigenvalue weighted by Gasteiger charge is 2.14. The van der Waals surface area contributed by atoms with E-state index in [1.807, 2.05) is 49.4 Å². The average Bonchev–Trinajstić information content (AvgIpc) is 2.60. The Morgan fingerprint density at radius 3 is 2.79 bits per heavy atom. The van der Waals surface area contributed by atoms with Crippen LogP contribution in [0.5, 0.6) is 0 Å². The van der Waals surface area contributed by atoms with Crippen LogP contribution >= 0.6 is 15.9 Å². The molecule has 122 valence electrons. The number of amides is 1. The van der Waals surface area contributed by atoms with Gasteiger partial charge in [-0.25, -0.2) is 0 Å². The number of benzene rings is 1. The zero-order valence-electron chi connectivity index (χ0n) is 13.2. The summed E-state index contributed by atoms with van der Waals surface area (Å²) in [7, 11) is 0. The Kier molecular flexibility index (Phi) is 5.05. The molecule has 2 N–H and O–H groups in total. The second-order valence-corrected chi connectivity index (χ2v) is 6.36. The van der Waals surface area contributed by atoms with E-state index in [2.05, 4.69) is 36.5 Å². The van der Waals surface area contributed by atoms with Gasteiger partial charge in [-0.3, -0.25) is 14.8 Å². The van der Waals surface area contributed by atoms with Crippen molar-refractivity contribution in [2.75, 3.05) is 5.32 Å². The van der Waals surface area contributed by atoms with E-state index in [0.29, 0.717) is 6.54 Å².